The summed E-state index contributed by atoms with van der Waals surface area (Å²) in [5, 5.41) is 2.96. The molecular weight excluding hydrogens is 277 g/mol. The van der Waals surface area contributed by atoms with Gasteiger partial charge >= 0.3 is 6.18 Å². The zero-order chi connectivity index (χ0) is 15.3. The van der Waals surface area contributed by atoms with E-state index >= 15 is 0 Å². The molecule has 1 aromatic carbocycles. The lowest BCUT2D eigenvalue weighted by atomic mass is 9.96. The van der Waals surface area contributed by atoms with E-state index in [2.05, 4.69) is 10.3 Å². The third-order valence-electron chi connectivity index (χ3n) is 3.45. The molecule has 0 saturated carbocycles. The van der Waals surface area contributed by atoms with Crippen LogP contribution in [-0.4, -0.2) is 12.0 Å². The van der Waals surface area contributed by atoms with Gasteiger partial charge in [0.15, 0.2) is 0 Å². The van der Waals surface area contributed by atoms with Crippen LogP contribution in [0.4, 0.5) is 13.2 Å². The van der Waals surface area contributed by atoms with Crippen LogP contribution in [0.2, 0.25) is 0 Å². The summed E-state index contributed by atoms with van der Waals surface area (Å²) in [5.74, 6) is 0. The molecule has 0 aliphatic carbocycles. The van der Waals surface area contributed by atoms with Crippen molar-refractivity contribution >= 4 is 0 Å². The molecule has 21 heavy (non-hydrogen) atoms. The maximum atomic E-state index is 13.1. The van der Waals surface area contributed by atoms with E-state index in [1.54, 1.807) is 7.05 Å². The average Bonchev–Trinajstić information content (AvgIpc) is 2.48. The summed E-state index contributed by atoms with van der Waals surface area (Å²) in [5.41, 5.74) is 0.684. The highest BCUT2D eigenvalue weighted by molar-refractivity contribution is 5.29. The van der Waals surface area contributed by atoms with E-state index in [0.29, 0.717) is 12.8 Å². The van der Waals surface area contributed by atoms with E-state index < -0.39 is 11.7 Å². The molecular formula is C16H17F3N2. The summed E-state index contributed by atoms with van der Waals surface area (Å²) in [6, 6.07) is 10.4. The molecule has 0 saturated heterocycles. The Morgan fingerprint density at radius 3 is 2.48 bits per heavy atom. The summed E-state index contributed by atoms with van der Waals surface area (Å²) >= 11 is 0. The smallest absolute Gasteiger partial charge is 0.313 e. The Morgan fingerprint density at radius 1 is 1.14 bits per heavy atom. The predicted molar refractivity (Wildman–Crippen MR) is 75.8 cm³/mol. The Kier molecular flexibility index (Phi) is 4.96. The third-order valence-corrected chi connectivity index (χ3v) is 3.45. The molecule has 2 nitrogen and oxygen atoms in total. The molecule has 5 heteroatoms. The number of hydrogen-bond acceptors (Lipinski definition) is 2. The molecule has 0 bridgehead atoms. The van der Waals surface area contributed by atoms with Gasteiger partial charge in [-0.1, -0.05) is 30.3 Å². The molecule has 1 unspecified atom stereocenters. The number of alkyl halides is 3. The van der Waals surface area contributed by atoms with Crippen molar-refractivity contribution in [3.8, 4) is 0 Å². The number of nitrogens with zero attached hydrogens (tertiary/aromatic N) is 1. The van der Waals surface area contributed by atoms with E-state index in [-0.39, 0.29) is 11.6 Å². The van der Waals surface area contributed by atoms with Crippen molar-refractivity contribution in [1.29, 1.82) is 0 Å². The summed E-state index contributed by atoms with van der Waals surface area (Å²) < 4.78 is 39.2. The molecule has 112 valence electrons. The molecule has 1 heterocycles. The quantitative estimate of drug-likeness (QED) is 0.901. The molecule has 0 spiro atoms. The van der Waals surface area contributed by atoms with E-state index in [1.807, 2.05) is 30.3 Å². The van der Waals surface area contributed by atoms with Crippen LogP contribution in [0, 0.1) is 0 Å². The Hall–Kier alpha value is -1.88. The minimum atomic E-state index is -4.36. The molecule has 2 rings (SSSR count). The summed E-state index contributed by atoms with van der Waals surface area (Å²) in [4.78, 5) is 3.84. The zero-order valence-corrected chi connectivity index (χ0v) is 11.7. The van der Waals surface area contributed by atoms with Crippen LogP contribution in [0.5, 0.6) is 0 Å². The van der Waals surface area contributed by atoms with Gasteiger partial charge in [-0.25, -0.2) is 0 Å². The standard InChI is InChI=1S/C16H17F3N2/c1-20-15(8-7-12-5-3-2-4-6-12)13-11-21-10-9-14(13)16(17,18)19/h2-6,9-11,15,20H,7-8H2,1H3. The molecule has 0 fully saturated rings. The lowest BCUT2D eigenvalue weighted by Gasteiger charge is -2.20. The summed E-state index contributed by atoms with van der Waals surface area (Å²) in [6.07, 6.45) is -0.598. The van der Waals surface area contributed by atoms with Gasteiger partial charge in [0.2, 0.25) is 0 Å². The molecule has 2 aromatic rings. The minimum Gasteiger partial charge on any atom is -0.313 e. The highest BCUT2D eigenvalue weighted by Crippen LogP contribution is 2.35. The van der Waals surface area contributed by atoms with Gasteiger partial charge in [0.1, 0.15) is 0 Å². The molecule has 0 amide bonds. The molecule has 1 aromatic heterocycles. The Labute approximate surface area is 122 Å². The van der Waals surface area contributed by atoms with E-state index in [0.717, 1.165) is 11.6 Å². The van der Waals surface area contributed by atoms with E-state index in [4.69, 9.17) is 0 Å². The van der Waals surface area contributed by atoms with Crippen LogP contribution >= 0.6 is 0 Å². The van der Waals surface area contributed by atoms with Crippen molar-refractivity contribution in [1.82, 2.24) is 10.3 Å². The van der Waals surface area contributed by atoms with Crippen LogP contribution in [0.1, 0.15) is 29.2 Å². The number of aromatic nitrogens is 1. The van der Waals surface area contributed by atoms with Crippen molar-refractivity contribution < 1.29 is 13.2 Å². The SMILES string of the molecule is CNC(CCc1ccccc1)c1cnccc1C(F)(F)F. The molecule has 1 atom stereocenters. The Balaban J connectivity index is 2.18. The second kappa shape index (κ2) is 6.72. The second-order valence-electron chi connectivity index (χ2n) is 4.83. The maximum absolute atomic E-state index is 13.1. The number of halogens is 3. The number of nitrogens with one attached hydrogen (secondary N) is 1. The number of hydrogen-bond donors (Lipinski definition) is 1. The van der Waals surface area contributed by atoms with Crippen LogP contribution in [-0.2, 0) is 12.6 Å². The summed E-state index contributed by atoms with van der Waals surface area (Å²) in [7, 11) is 1.67. The normalized spacial score (nSPS) is 13.1. The predicted octanol–water partition coefficient (Wildman–Crippen LogP) is 3.99. The first kappa shape index (κ1) is 15.5. The second-order valence-corrected chi connectivity index (χ2v) is 4.83. The summed E-state index contributed by atoms with van der Waals surface area (Å²) in [6.45, 7) is 0. The van der Waals surface area contributed by atoms with E-state index in [1.165, 1.54) is 12.4 Å². The fraction of sp³-hybridized carbons (Fsp3) is 0.312. The first-order valence-electron chi connectivity index (χ1n) is 6.74. The van der Waals surface area contributed by atoms with Gasteiger partial charge in [-0.2, -0.15) is 13.2 Å². The zero-order valence-electron chi connectivity index (χ0n) is 11.7. The van der Waals surface area contributed by atoms with Crippen molar-refractivity contribution in [2.75, 3.05) is 7.05 Å². The third kappa shape index (κ3) is 4.04. The van der Waals surface area contributed by atoms with Crippen molar-refractivity contribution in [2.24, 2.45) is 0 Å². The lowest BCUT2D eigenvalue weighted by Crippen LogP contribution is -2.21. The topological polar surface area (TPSA) is 24.9 Å². The van der Waals surface area contributed by atoms with Gasteiger partial charge in [0.25, 0.3) is 0 Å². The first-order valence-corrected chi connectivity index (χ1v) is 6.74. The molecule has 0 radical (unpaired) electrons. The van der Waals surface area contributed by atoms with Gasteiger partial charge in [-0.3, -0.25) is 4.98 Å². The average molecular weight is 294 g/mol. The van der Waals surface area contributed by atoms with Crippen molar-refractivity contribution in [3.63, 3.8) is 0 Å². The van der Waals surface area contributed by atoms with Crippen LogP contribution in [0.25, 0.3) is 0 Å². The fourth-order valence-electron chi connectivity index (χ4n) is 2.35. The molecule has 0 aliphatic rings. The Bertz CT molecular complexity index is 567. The number of aryl methyl sites for hydroxylation is 1. The van der Waals surface area contributed by atoms with Gasteiger partial charge in [0.05, 0.1) is 5.56 Å². The highest BCUT2D eigenvalue weighted by Gasteiger charge is 2.34. The minimum absolute atomic E-state index is 0.198. The van der Waals surface area contributed by atoms with Crippen molar-refractivity contribution in [3.05, 3.63) is 65.5 Å². The lowest BCUT2D eigenvalue weighted by molar-refractivity contribution is -0.138. The molecule has 0 aliphatic heterocycles. The van der Waals surface area contributed by atoms with Crippen LogP contribution < -0.4 is 5.32 Å². The van der Waals surface area contributed by atoms with Gasteiger partial charge in [0, 0.05) is 18.4 Å². The van der Waals surface area contributed by atoms with Crippen molar-refractivity contribution in [2.45, 2.75) is 25.1 Å². The van der Waals surface area contributed by atoms with Gasteiger partial charge in [-0.15, -0.1) is 0 Å². The number of pyridine rings is 1. The van der Waals surface area contributed by atoms with Crippen LogP contribution in [0.3, 0.4) is 0 Å². The Morgan fingerprint density at radius 2 is 1.86 bits per heavy atom. The largest absolute Gasteiger partial charge is 0.416 e. The monoisotopic (exact) mass is 294 g/mol. The van der Waals surface area contributed by atoms with Crippen LogP contribution in [0.15, 0.2) is 48.8 Å². The van der Waals surface area contributed by atoms with Gasteiger partial charge < -0.3 is 5.32 Å². The maximum Gasteiger partial charge on any atom is 0.416 e. The first-order chi connectivity index (χ1) is 10.0. The fourth-order valence-corrected chi connectivity index (χ4v) is 2.35. The van der Waals surface area contributed by atoms with E-state index in [9.17, 15) is 13.2 Å². The highest BCUT2D eigenvalue weighted by atomic mass is 19.4. The van der Waals surface area contributed by atoms with Gasteiger partial charge in [-0.05, 0) is 37.1 Å². The molecule has 1 N–H and O–H groups in total. The number of benzene rings is 1. The number of rotatable bonds is 5.